The molecule has 1 aromatic rings. The van der Waals surface area contributed by atoms with E-state index in [1.165, 1.54) is 0 Å². The van der Waals surface area contributed by atoms with Gasteiger partial charge in [-0.15, -0.1) is 0 Å². The van der Waals surface area contributed by atoms with Gasteiger partial charge in [0.05, 0.1) is 29.5 Å². The first-order valence-electron chi connectivity index (χ1n) is 5.52. The molecule has 0 aliphatic carbocycles. The van der Waals surface area contributed by atoms with Crippen LogP contribution < -0.4 is 0 Å². The number of nitro groups is 1. The molecule has 0 amide bonds. The van der Waals surface area contributed by atoms with Crippen LogP contribution in [0.25, 0.3) is 0 Å². The van der Waals surface area contributed by atoms with Gasteiger partial charge in [0, 0.05) is 0 Å². The third kappa shape index (κ3) is 2.66. The van der Waals surface area contributed by atoms with Crippen LogP contribution in [0.3, 0.4) is 0 Å². The van der Waals surface area contributed by atoms with E-state index in [4.69, 9.17) is 4.74 Å². The minimum absolute atomic E-state index is 0.128. The van der Waals surface area contributed by atoms with Crippen LogP contribution in [-0.4, -0.2) is 26.9 Å². The van der Waals surface area contributed by atoms with Crippen molar-refractivity contribution < 1.29 is 9.66 Å². The fraction of sp³-hybridized carbons (Fsp3) is 0.700. The second kappa shape index (κ2) is 4.73. The monoisotopic (exact) mass is 303 g/mol. The lowest BCUT2D eigenvalue weighted by molar-refractivity contribution is -0.390. The third-order valence-corrected chi connectivity index (χ3v) is 3.45. The van der Waals surface area contributed by atoms with Gasteiger partial charge in [-0.2, -0.15) is 4.68 Å². The highest BCUT2D eigenvalue weighted by Crippen LogP contribution is 2.31. The SMILES string of the molecule is C[C@@H]1CC(n2cc(Br)c([N+](=O)[O-])n2)C[C@H](C)O1. The summed E-state index contributed by atoms with van der Waals surface area (Å²) in [4.78, 5) is 10.2. The van der Waals surface area contributed by atoms with Crippen molar-refractivity contribution in [2.24, 2.45) is 0 Å². The van der Waals surface area contributed by atoms with E-state index in [2.05, 4.69) is 21.0 Å². The Morgan fingerprint density at radius 3 is 2.59 bits per heavy atom. The lowest BCUT2D eigenvalue weighted by Gasteiger charge is -2.30. The van der Waals surface area contributed by atoms with Gasteiger partial charge < -0.3 is 14.9 Å². The molecule has 2 rings (SSSR count). The highest BCUT2D eigenvalue weighted by molar-refractivity contribution is 9.10. The molecule has 0 bridgehead atoms. The molecule has 17 heavy (non-hydrogen) atoms. The molecule has 1 aliphatic heterocycles. The Balaban J connectivity index is 2.22. The van der Waals surface area contributed by atoms with Crippen molar-refractivity contribution in [3.8, 4) is 0 Å². The minimum atomic E-state index is -0.479. The van der Waals surface area contributed by atoms with Crippen molar-refractivity contribution in [1.29, 1.82) is 0 Å². The molecule has 94 valence electrons. The quantitative estimate of drug-likeness (QED) is 0.622. The second-order valence-electron chi connectivity index (χ2n) is 4.42. The fourth-order valence-electron chi connectivity index (χ4n) is 2.26. The largest absolute Gasteiger partial charge is 0.404 e. The van der Waals surface area contributed by atoms with Crippen molar-refractivity contribution in [2.45, 2.75) is 44.9 Å². The van der Waals surface area contributed by atoms with E-state index in [-0.39, 0.29) is 24.1 Å². The summed E-state index contributed by atoms with van der Waals surface area (Å²) in [5.74, 6) is -0.128. The van der Waals surface area contributed by atoms with Crippen molar-refractivity contribution >= 4 is 21.7 Å². The summed E-state index contributed by atoms with van der Waals surface area (Å²) >= 11 is 3.16. The molecule has 1 saturated heterocycles. The van der Waals surface area contributed by atoms with Crippen LogP contribution in [0.15, 0.2) is 10.7 Å². The van der Waals surface area contributed by atoms with Gasteiger partial charge in [-0.05, 0) is 47.5 Å². The van der Waals surface area contributed by atoms with Crippen LogP contribution >= 0.6 is 15.9 Å². The molecule has 0 aromatic carbocycles. The van der Waals surface area contributed by atoms with Gasteiger partial charge in [-0.25, -0.2) is 0 Å². The lowest BCUT2D eigenvalue weighted by Crippen LogP contribution is -2.31. The van der Waals surface area contributed by atoms with Crippen molar-refractivity contribution in [2.75, 3.05) is 0 Å². The second-order valence-corrected chi connectivity index (χ2v) is 5.27. The molecule has 0 spiro atoms. The average Bonchev–Trinajstić information content (AvgIpc) is 2.59. The molecule has 2 heterocycles. The van der Waals surface area contributed by atoms with E-state index in [1.54, 1.807) is 10.9 Å². The number of nitrogens with zero attached hydrogens (tertiary/aromatic N) is 3. The fourth-order valence-corrected chi connectivity index (χ4v) is 2.69. The predicted molar refractivity (Wildman–Crippen MR) is 64.9 cm³/mol. The molecule has 0 saturated carbocycles. The maximum atomic E-state index is 10.7. The number of halogens is 1. The van der Waals surface area contributed by atoms with Gasteiger partial charge >= 0.3 is 5.82 Å². The number of rotatable bonds is 2. The van der Waals surface area contributed by atoms with Crippen LogP contribution in [0.2, 0.25) is 0 Å². The van der Waals surface area contributed by atoms with Crippen molar-refractivity contribution in [3.05, 3.63) is 20.8 Å². The summed E-state index contributed by atoms with van der Waals surface area (Å²) in [5, 5.41) is 14.7. The average molecular weight is 304 g/mol. The molecule has 3 atom stereocenters. The predicted octanol–water partition coefficient (Wildman–Crippen LogP) is 2.68. The van der Waals surface area contributed by atoms with E-state index in [0.29, 0.717) is 4.47 Å². The molecular weight excluding hydrogens is 290 g/mol. The van der Waals surface area contributed by atoms with Gasteiger partial charge in [-0.1, -0.05) is 0 Å². The van der Waals surface area contributed by atoms with E-state index in [9.17, 15) is 10.1 Å². The molecular formula is C10H14BrN3O3. The summed E-state index contributed by atoms with van der Waals surface area (Å²) in [7, 11) is 0. The van der Waals surface area contributed by atoms with E-state index in [0.717, 1.165) is 12.8 Å². The Kier molecular flexibility index (Phi) is 3.48. The topological polar surface area (TPSA) is 70.2 Å². The molecule has 1 aliphatic rings. The highest BCUT2D eigenvalue weighted by Gasteiger charge is 2.30. The molecule has 0 N–H and O–H groups in total. The zero-order chi connectivity index (χ0) is 12.6. The Morgan fingerprint density at radius 1 is 1.53 bits per heavy atom. The molecule has 7 heteroatoms. The normalized spacial score (nSPS) is 29.2. The van der Waals surface area contributed by atoms with Crippen LogP contribution in [0.1, 0.15) is 32.7 Å². The Morgan fingerprint density at radius 2 is 2.12 bits per heavy atom. The summed E-state index contributed by atoms with van der Waals surface area (Å²) in [6.45, 7) is 4.02. The van der Waals surface area contributed by atoms with Gasteiger partial charge in [0.15, 0.2) is 0 Å². The standard InChI is InChI=1S/C10H14BrN3O3/c1-6-3-8(4-7(2)17-6)13-5-9(11)10(12-13)14(15)16/h5-8H,3-4H2,1-2H3/t6-,7+,8?. The van der Waals surface area contributed by atoms with Gasteiger partial charge in [0.2, 0.25) is 0 Å². The van der Waals surface area contributed by atoms with Crippen LogP contribution in [-0.2, 0) is 4.74 Å². The minimum Gasteiger partial charge on any atom is -0.375 e. The maximum absolute atomic E-state index is 10.7. The summed E-state index contributed by atoms with van der Waals surface area (Å²) in [6, 6.07) is 0.166. The number of aromatic nitrogens is 2. The van der Waals surface area contributed by atoms with E-state index >= 15 is 0 Å². The van der Waals surface area contributed by atoms with E-state index in [1.807, 2.05) is 13.8 Å². The number of hydrogen-bond acceptors (Lipinski definition) is 4. The van der Waals surface area contributed by atoms with Gasteiger partial charge in [-0.3, -0.25) is 0 Å². The van der Waals surface area contributed by atoms with Crippen molar-refractivity contribution in [1.82, 2.24) is 9.78 Å². The molecule has 0 radical (unpaired) electrons. The van der Waals surface area contributed by atoms with Gasteiger partial charge in [0.1, 0.15) is 4.47 Å². The zero-order valence-electron chi connectivity index (χ0n) is 9.67. The third-order valence-electron chi connectivity index (χ3n) is 2.89. The first-order valence-corrected chi connectivity index (χ1v) is 6.31. The number of hydrogen-bond donors (Lipinski definition) is 0. The summed E-state index contributed by atoms with van der Waals surface area (Å²) in [5.41, 5.74) is 0. The molecule has 6 nitrogen and oxygen atoms in total. The summed E-state index contributed by atoms with van der Waals surface area (Å²) in [6.07, 6.45) is 3.65. The zero-order valence-corrected chi connectivity index (χ0v) is 11.3. The molecule has 1 unspecified atom stereocenters. The molecule has 1 aromatic heterocycles. The van der Waals surface area contributed by atoms with Crippen molar-refractivity contribution in [3.63, 3.8) is 0 Å². The highest BCUT2D eigenvalue weighted by atomic mass is 79.9. The Labute approximate surface area is 107 Å². The number of ether oxygens (including phenoxy) is 1. The maximum Gasteiger partial charge on any atom is 0.404 e. The smallest absolute Gasteiger partial charge is 0.375 e. The molecule has 1 fully saturated rings. The Hall–Kier alpha value is -0.950. The van der Waals surface area contributed by atoms with E-state index < -0.39 is 4.92 Å². The Bertz CT molecular complexity index is 424. The van der Waals surface area contributed by atoms with Gasteiger partial charge in [0.25, 0.3) is 0 Å². The van der Waals surface area contributed by atoms with Crippen LogP contribution in [0, 0.1) is 10.1 Å². The lowest BCUT2D eigenvalue weighted by atomic mass is 10.0. The van der Waals surface area contributed by atoms with Crippen LogP contribution in [0.5, 0.6) is 0 Å². The first-order chi connectivity index (χ1) is 7.97. The first kappa shape index (κ1) is 12.5. The van der Waals surface area contributed by atoms with Crippen LogP contribution in [0.4, 0.5) is 5.82 Å². The summed E-state index contributed by atoms with van der Waals surface area (Å²) < 4.78 is 7.74.